The molecule has 0 spiro atoms. The minimum absolute atomic E-state index is 0.00572. The highest BCUT2D eigenvalue weighted by atomic mass is 16.5. The van der Waals surface area contributed by atoms with Crippen LogP contribution in [0.5, 0.6) is 11.5 Å². The molecular weight excluding hydrogens is 356 g/mol. The van der Waals surface area contributed by atoms with E-state index in [1.807, 2.05) is 4.90 Å². The van der Waals surface area contributed by atoms with Gasteiger partial charge < -0.3 is 24.4 Å². The molecule has 1 aliphatic heterocycles. The summed E-state index contributed by atoms with van der Waals surface area (Å²) in [7, 11) is 5.78. The van der Waals surface area contributed by atoms with Crippen LogP contribution in [0, 0.1) is 17.8 Å². The summed E-state index contributed by atoms with van der Waals surface area (Å²) in [6, 6.07) is 5.30. The Hall–Kier alpha value is -1.79. The first kappa shape index (κ1) is 19.5. The second-order valence-electron chi connectivity index (χ2n) is 8.93. The number of hydrogen-bond donors (Lipinski definition) is 1. The van der Waals surface area contributed by atoms with Gasteiger partial charge in [0.25, 0.3) is 5.91 Å². The average molecular weight is 389 g/mol. The van der Waals surface area contributed by atoms with Gasteiger partial charge in [0.05, 0.1) is 13.2 Å². The van der Waals surface area contributed by atoms with Gasteiger partial charge in [-0.05, 0) is 75.7 Å². The van der Waals surface area contributed by atoms with Crippen LogP contribution in [0.3, 0.4) is 0 Å². The van der Waals surface area contributed by atoms with Crippen LogP contribution in [-0.2, 0) is 4.74 Å². The van der Waals surface area contributed by atoms with E-state index in [9.17, 15) is 9.90 Å². The van der Waals surface area contributed by atoms with E-state index in [0.29, 0.717) is 29.2 Å². The van der Waals surface area contributed by atoms with Crippen molar-refractivity contribution < 1.29 is 19.4 Å². The van der Waals surface area contributed by atoms with E-state index in [0.717, 1.165) is 38.5 Å². The fraction of sp³-hybridized carbons (Fsp3) is 0.682. The summed E-state index contributed by atoms with van der Waals surface area (Å²) in [5.74, 6) is 2.16. The lowest BCUT2D eigenvalue weighted by atomic mass is 9.77. The Bertz CT molecular complexity index is 718. The van der Waals surface area contributed by atoms with Gasteiger partial charge in [-0.1, -0.05) is 0 Å². The lowest BCUT2D eigenvalue weighted by molar-refractivity contribution is -0.0493. The number of amides is 1. The SMILES string of the molecule is COc1ccc(C(=O)N2C[C@H]3C[C@@H](N(C)C)[C@H](OCC4CC4)C[C@H]3C2)cc1O. The van der Waals surface area contributed by atoms with Gasteiger partial charge >= 0.3 is 0 Å². The molecule has 2 aliphatic carbocycles. The number of carbonyl (C=O) groups excluding carboxylic acids is 1. The minimum atomic E-state index is -0.01000. The minimum Gasteiger partial charge on any atom is -0.504 e. The van der Waals surface area contributed by atoms with Crippen LogP contribution in [0.25, 0.3) is 0 Å². The standard InChI is InChI=1S/C22H32N2O4/c1-23(2)18-8-16-11-24(12-17(16)10-21(18)28-13-14-4-5-14)22(26)15-6-7-20(27-3)19(25)9-15/h6-7,9,14,16-18,21,25H,4-5,8,10-13H2,1-3H3/t16-,17+,18-,21-/m1/s1. The zero-order valence-electron chi connectivity index (χ0n) is 17.1. The molecule has 0 aromatic heterocycles. The Balaban J connectivity index is 1.43. The van der Waals surface area contributed by atoms with Crippen LogP contribution < -0.4 is 4.74 Å². The Morgan fingerprint density at radius 1 is 1.21 bits per heavy atom. The third kappa shape index (κ3) is 3.98. The number of carbonyl (C=O) groups is 1. The van der Waals surface area contributed by atoms with Crippen LogP contribution in [0.2, 0.25) is 0 Å². The topological polar surface area (TPSA) is 62.2 Å². The van der Waals surface area contributed by atoms with E-state index in [-0.39, 0.29) is 17.8 Å². The Kier molecular flexibility index (Phi) is 5.52. The van der Waals surface area contributed by atoms with Crippen LogP contribution in [0.4, 0.5) is 0 Å². The second-order valence-corrected chi connectivity index (χ2v) is 8.93. The molecule has 0 radical (unpaired) electrons. The first-order valence-electron chi connectivity index (χ1n) is 10.4. The maximum absolute atomic E-state index is 13.0. The summed E-state index contributed by atoms with van der Waals surface area (Å²) < 4.78 is 11.4. The normalized spacial score (nSPS) is 29.8. The summed E-state index contributed by atoms with van der Waals surface area (Å²) in [6.07, 6.45) is 4.98. The first-order valence-corrected chi connectivity index (χ1v) is 10.4. The van der Waals surface area contributed by atoms with E-state index < -0.39 is 0 Å². The van der Waals surface area contributed by atoms with Crippen molar-refractivity contribution in [3.8, 4) is 11.5 Å². The maximum Gasteiger partial charge on any atom is 0.254 e. The largest absolute Gasteiger partial charge is 0.504 e. The zero-order valence-corrected chi connectivity index (χ0v) is 17.1. The number of ether oxygens (including phenoxy) is 2. The van der Waals surface area contributed by atoms with Crippen molar-refractivity contribution in [1.82, 2.24) is 9.80 Å². The van der Waals surface area contributed by atoms with Crippen molar-refractivity contribution in [3.05, 3.63) is 23.8 Å². The van der Waals surface area contributed by atoms with Crippen LogP contribution in [-0.4, -0.2) is 73.9 Å². The lowest BCUT2D eigenvalue weighted by Gasteiger charge is -2.41. The van der Waals surface area contributed by atoms with Gasteiger partial charge in [-0.3, -0.25) is 4.79 Å². The zero-order chi connectivity index (χ0) is 19.8. The van der Waals surface area contributed by atoms with Crippen molar-refractivity contribution in [3.63, 3.8) is 0 Å². The number of likely N-dealkylation sites (N-methyl/N-ethyl adjacent to an activating group) is 1. The number of aromatic hydroxyl groups is 1. The molecule has 6 heteroatoms. The van der Waals surface area contributed by atoms with Crippen molar-refractivity contribution in [2.24, 2.45) is 17.8 Å². The molecule has 1 N–H and O–H groups in total. The Labute approximate surface area is 167 Å². The molecule has 1 heterocycles. The fourth-order valence-electron chi connectivity index (χ4n) is 4.83. The summed E-state index contributed by atoms with van der Waals surface area (Å²) in [5.41, 5.74) is 0.516. The van der Waals surface area contributed by atoms with Crippen molar-refractivity contribution >= 4 is 5.91 Å². The third-order valence-electron chi connectivity index (χ3n) is 6.70. The number of fused-ring (bicyclic) bond motifs is 1. The van der Waals surface area contributed by atoms with E-state index in [1.54, 1.807) is 12.1 Å². The van der Waals surface area contributed by atoms with Gasteiger partial charge in [0, 0.05) is 31.3 Å². The van der Waals surface area contributed by atoms with Crippen molar-refractivity contribution in [1.29, 1.82) is 0 Å². The molecule has 2 saturated carbocycles. The molecule has 6 nitrogen and oxygen atoms in total. The van der Waals surface area contributed by atoms with Gasteiger partial charge in [0.2, 0.25) is 0 Å². The van der Waals surface area contributed by atoms with Gasteiger partial charge in [-0.25, -0.2) is 0 Å². The molecule has 0 bridgehead atoms. The van der Waals surface area contributed by atoms with Gasteiger partial charge in [0.1, 0.15) is 0 Å². The van der Waals surface area contributed by atoms with Crippen LogP contribution in [0.1, 0.15) is 36.0 Å². The molecule has 4 rings (SSSR count). The highest BCUT2D eigenvalue weighted by Gasteiger charge is 2.45. The molecule has 1 aromatic carbocycles. The first-order chi connectivity index (χ1) is 13.5. The second kappa shape index (κ2) is 7.91. The molecule has 1 aromatic rings. The number of phenolic OH excluding ortho intramolecular Hbond substituents is 1. The number of phenols is 1. The van der Waals surface area contributed by atoms with E-state index in [1.165, 1.54) is 26.0 Å². The predicted molar refractivity (Wildman–Crippen MR) is 107 cm³/mol. The Morgan fingerprint density at radius 2 is 1.93 bits per heavy atom. The van der Waals surface area contributed by atoms with Gasteiger partial charge in [0.15, 0.2) is 11.5 Å². The lowest BCUT2D eigenvalue weighted by Crippen LogP contribution is -2.48. The summed E-state index contributed by atoms with van der Waals surface area (Å²) >= 11 is 0. The highest BCUT2D eigenvalue weighted by molar-refractivity contribution is 5.95. The van der Waals surface area contributed by atoms with E-state index in [2.05, 4.69) is 19.0 Å². The molecular formula is C22H32N2O4. The molecule has 3 aliphatic rings. The quantitative estimate of drug-likeness (QED) is 0.812. The molecule has 3 fully saturated rings. The number of hydrogen-bond acceptors (Lipinski definition) is 5. The maximum atomic E-state index is 13.0. The van der Waals surface area contributed by atoms with Gasteiger partial charge in [-0.15, -0.1) is 0 Å². The number of methoxy groups -OCH3 is 1. The monoisotopic (exact) mass is 388 g/mol. The molecule has 1 amide bonds. The summed E-state index contributed by atoms with van der Waals surface area (Å²) in [4.78, 5) is 17.2. The predicted octanol–water partition coefficient (Wildman–Crippen LogP) is 2.61. The number of likely N-dealkylation sites (tertiary alicyclic amines) is 1. The molecule has 1 saturated heterocycles. The highest BCUT2D eigenvalue weighted by Crippen LogP contribution is 2.40. The van der Waals surface area contributed by atoms with Crippen LogP contribution in [0.15, 0.2) is 18.2 Å². The van der Waals surface area contributed by atoms with Crippen molar-refractivity contribution in [2.45, 2.75) is 37.8 Å². The average Bonchev–Trinajstić information content (AvgIpc) is 3.42. The Morgan fingerprint density at radius 3 is 2.54 bits per heavy atom. The van der Waals surface area contributed by atoms with E-state index in [4.69, 9.17) is 9.47 Å². The molecule has 154 valence electrons. The van der Waals surface area contributed by atoms with Crippen molar-refractivity contribution in [2.75, 3.05) is 40.9 Å². The van der Waals surface area contributed by atoms with E-state index >= 15 is 0 Å². The smallest absolute Gasteiger partial charge is 0.254 e. The fourth-order valence-corrected chi connectivity index (χ4v) is 4.83. The van der Waals surface area contributed by atoms with Gasteiger partial charge in [-0.2, -0.15) is 0 Å². The number of nitrogens with zero attached hydrogens (tertiary/aromatic N) is 2. The summed E-state index contributed by atoms with van der Waals surface area (Å²) in [6.45, 7) is 2.45. The molecule has 0 unspecified atom stereocenters. The number of rotatable bonds is 6. The molecule has 28 heavy (non-hydrogen) atoms. The van der Waals surface area contributed by atoms with Crippen LogP contribution >= 0.6 is 0 Å². The number of benzene rings is 1. The summed E-state index contributed by atoms with van der Waals surface area (Å²) in [5, 5.41) is 10.0. The third-order valence-corrected chi connectivity index (χ3v) is 6.70. The molecule has 4 atom stereocenters.